The number of hydrogen-bond acceptors (Lipinski definition) is 5. The van der Waals surface area contributed by atoms with Crippen molar-refractivity contribution in [2.24, 2.45) is 5.73 Å². The molecule has 2 rings (SSSR count). The Hall–Kier alpha value is -2.44. The second kappa shape index (κ2) is 8.26. The summed E-state index contributed by atoms with van der Waals surface area (Å²) in [6, 6.07) is 12.1. The molecule has 0 saturated heterocycles. The molecule has 0 fully saturated rings. The first-order chi connectivity index (χ1) is 11.1. The molecular weight excluding hydrogens is 308 g/mol. The highest BCUT2D eigenvalue weighted by molar-refractivity contribution is 8.16. The van der Waals surface area contributed by atoms with E-state index in [1.165, 1.54) is 0 Å². The minimum absolute atomic E-state index is 0.0603. The number of benzene rings is 1. The van der Waals surface area contributed by atoms with Crippen LogP contribution in [0.1, 0.15) is 12.5 Å². The molecule has 0 aliphatic rings. The predicted octanol–water partition coefficient (Wildman–Crippen LogP) is 2.85. The van der Waals surface area contributed by atoms with E-state index < -0.39 is 0 Å². The predicted molar refractivity (Wildman–Crippen MR) is 95.8 cm³/mol. The van der Waals surface area contributed by atoms with E-state index in [1.54, 1.807) is 12.4 Å². The third-order valence-electron chi connectivity index (χ3n) is 3.12. The van der Waals surface area contributed by atoms with Crippen LogP contribution in [-0.2, 0) is 4.79 Å². The number of rotatable bonds is 4. The van der Waals surface area contributed by atoms with Crippen molar-refractivity contribution in [1.82, 2.24) is 10.3 Å². The highest BCUT2D eigenvalue weighted by Crippen LogP contribution is 2.24. The van der Waals surface area contributed by atoms with Gasteiger partial charge in [-0.3, -0.25) is 15.2 Å². The average molecular weight is 326 g/mol. The highest BCUT2D eigenvalue weighted by Gasteiger charge is 2.04. The number of nitrogens with zero attached hydrogens (tertiary/aromatic N) is 1. The number of aromatic nitrogens is 1. The number of hydrogen-bond donors (Lipinski definition) is 3. The fraction of sp³-hybridized carbons (Fsp3) is 0.118. The summed E-state index contributed by atoms with van der Waals surface area (Å²) in [7, 11) is 0. The molecule has 0 spiro atoms. The monoisotopic (exact) mass is 326 g/mol. The van der Waals surface area contributed by atoms with Gasteiger partial charge in [-0.15, -0.1) is 0 Å². The van der Waals surface area contributed by atoms with E-state index in [4.69, 9.17) is 11.1 Å². The molecule has 4 N–H and O–H groups in total. The van der Waals surface area contributed by atoms with Gasteiger partial charge in [0.2, 0.25) is 5.91 Å². The van der Waals surface area contributed by atoms with Crippen LogP contribution in [0.2, 0.25) is 0 Å². The standard InChI is InChI=1S/C17H18N4OS/c1-12(11-23-17(19)21-16(22)10-18)14-3-2-4-15(9-14)13-5-7-20-8-6-13/h2-9,11H,10,18H2,1H3,(H2,19,21,22)/b12-11+. The van der Waals surface area contributed by atoms with Gasteiger partial charge in [0, 0.05) is 12.4 Å². The van der Waals surface area contributed by atoms with Crippen molar-refractivity contribution in [1.29, 1.82) is 5.41 Å². The van der Waals surface area contributed by atoms with Crippen molar-refractivity contribution >= 4 is 28.4 Å². The summed E-state index contributed by atoms with van der Waals surface area (Å²) < 4.78 is 0. The number of carbonyl (C=O) groups excluding carboxylic acids is 1. The van der Waals surface area contributed by atoms with Crippen LogP contribution in [0.3, 0.4) is 0 Å². The molecule has 23 heavy (non-hydrogen) atoms. The molecule has 118 valence electrons. The highest BCUT2D eigenvalue weighted by atomic mass is 32.2. The molecule has 0 aliphatic heterocycles. The van der Waals surface area contributed by atoms with Crippen LogP contribution in [-0.4, -0.2) is 22.6 Å². The van der Waals surface area contributed by atoms with Crippen LogP contribution in [0.25, 0.3) is 16.7 Å². The number of nitrogens with one attached hydrogen (secondary N) is 2. The summed E-state index contributed by atoms with van der Waals surface area (Å²) >= 11 is 1.15. The maximum atomic E-state index is 11.1. The van der Waals surface area contributed by atoms with Crippen LogP contribution >= 0.6 is 11.8 Å². The zero-order valence-corrected chi connectivity index (χ0v) is 13.6. The minimum Gasteiger partial charge on any atom is -0.322 e. The molecule has 0 bridgehead atoms. The maximum Gasteiger partial charge on any atom is 0.239 e. The van der Waals surface area contributed by atoms with Crippen LogP contribution in [0.5, 0.6) is 0 Å². The molecular formula is C17H18N4OS. The quantitative estimate of drug-likeness (QED) is 0.595. The maximum absolute atomic E-state index is 11.1. The molecule has 1 heterocycles. The van der Waals surface area contributed by atoms with E-state index in [9.17, 15) is 4.79 Å². The minimum atomic E-state index is -0.367. The SMILES string of the molecule is C/C(=C\SC(=N)NC(=O)CN)c1cccc(-c2ccncc2)c1. The van der Waals surface area contributed by atoms with Gasteiger partial charge in [0.25, 0.3) is 0 Å². The van der Waals surface area contributed by atoms with Gasteiger partial charge in [0.15, 0.2) is 5.17 Å². The second-order valence-corrected chi connectivity index (χ2v) is 5.70. The molecule has 0 saturated carbocycles. The van der Waals surface area contributed by atoms with Crippen LogP contribution in [0, 0.1) is 5.41 Å². The Balaban J connectivity index is 2.10. The molecule has 0 aliphatic carbocycles. The van der Waals surface area contributed by atoms with Crippen LogP contribution in [0.15, 0.2) is 54.2 Å². The molecule has 6 heteroatoms. The third kappa shape index (κ3) is 5.05. The fourth-order valence-electron chi connectivity index (χ4n) is 1.91. The lowest BCUT2D eigenvalue weighted by atomic mass is 10.0. The number of carbonyl (C=O) groups is 1. The van der Waals surface area contributed by atoms with Crippen molar-refractivity contribution in [3.63, 3.8) is 0 Å². The summed E-state index contributed by atoms with van der Waals surface area (Å²) in [4.78, 5) is 15.1. The lowest BCUT2D eigenvalue weighted by Crippen LogP contribution is -2.33. The van der Waals surface area contributed by atoms with Gasteiger partial charge in [-0.25, -0.2) is 0 Å². The van der Waals surface area contributed by atoms with Gasteiger partial charge in [0.05, 0.1) is 6.54 Å². The second-order valence-electron chi connectivity index (χ2n) is 4.82. The van der Waals surface area contributed by atoms with E-state index in [-0.39, 0.29) is 17.6 Å². The summed E-state index contributed by atoms with van der Waals surface area (Å²) in [5, 5.41) is 12.0. The third-order valence-corrected chi connectivity index (χ3v) is 3.93. The number of allylic oxidation sites excluding steroid dienone is 1. The van der Waals surface area contributed by atoms with Gasteiger partial charge in [-0.1, -0.05) is 30.0 Å². The van der Waals surface area contributed by atoms with E-state index in [1.807, 2.05) is 42.7 Å². The lowest BCUT2D eigenvalue weighted by Gasteiger charge is -2.07. The summed E-state index contributed by atoms with van der Waals surface area (Å²) in [5.41, 5.74) is 9.48. The molecule has 1 amide bonds. The first-order valence-corrected chi connectivity index (χ1v) is 7.91. The van der Waals surface area contributed by atoms with Crippen LogP contribution in [0.4, 0.5) is 0 Å². The molecule has 5 nitrogen and oxygen atoms in total. The van der Waals surface area contributed by atoms with Crippen molar-refractivity contribution in [2.45, 2.75) is 6.92 Å². The topological polar surface area (TPSA) is 91.9 Å². The molecule has 2 aromatic rings. The average Bonchev–Trinajstić information content (AvgIpc) is 2.60. The summed E-state index contributed by atoms with van der Waals surface area (Å²) in [6.45, 7) is 1.84. The van der Waals surface area contributed by atoms with Gasteiger partial charge >= 0.3 is 0 Å². The Labute approximate surface area is 139 Å². The molecule has 0 atom stereocenters. The summed E-state index contributed by atoms with van der Waals surface area (Å²) in [5.74, 6) is -0.367. The number of amides is 1. The Morgan fingerprint density at radius 3 is 2.74 bits per heavy atom. The van der Waals surface area contributed by atoms with Gasteiger partial charge in [0.1, 0.15) is 0 Å². The van der Waals surface area contributed by atoms with Crippen molar-refractivity contribution in [3.05, 3.63) is 59.8 Å². The van der Waals surface area contributed by atoms with Crippen molar-refractivity contribution in [2.75, 3.05) is 6.54 Å². The number of nitrogens with two attached hydrogens (primary N) is 1. The molecule has 1 aromatic heterocycles. The first kappa shape index (κ1) is 16.9. The van der Waals surface area contributed by atoms with E-state index in [2.05, 4.69) is 16.4 Å². The Kier molecular flexibility index (Phi) is 6.08. The smallest absolute Gasteiger partial charge is 0.239 e. The zero-order chi connectivity index (χ0) is 16.7. The van der Waals surface area contributed by atoms with E-state index in [0.717, 1.165) is 34.0 Å². The van der Waals surface area contributed by atoms with Gasteiger partial charge < -0.3 is 11.1 Å². The largest absolute Gasteiger partial charge is 0.322 e. The number of amidine groups is 1. The normalized spacial score (nSPS) is 11.1. The van der Waals surface area contributed by atoms with E-state index in [0.29, 0.717) is 0 Å². The lowest BCUT2D eigenvalue weighted by molar-refractivity contribution is -0.118. The van der Waals surface area contributed by atoms with Crippen LogP contribution < -0.4 is 11.1 Å². The number of pyridine rings is 1. The Morgan fingerprint density at radius 1 is 1.30 bits per heavy atom. The van der Waals surface area contributed by atoms with E-state index >= 15 is 0 Å². The molecule has 1 aromatic carbocycles. The Bertz CT molecular complexity index is 728. The number of thioether (sulfide) groups is 1. The molecule has 0 unspecified atom stereocenters. The fourth-order valence-corrected chi connectivity index (χ4v) is 2.51. The molecule has 0 radical (unpaired) electrons. The Morgan fingerprint density at radius 2 is 2.04 bits per heavy atom. The zero-order valence-electron chi connectivity index (χ0n) is 12.7. The van der Waals surface area contributed by atoms with Crippen molar-refractivity contribution in [3.8, 4) is 11.1 Å². The summed E-state index contributed by atoms with van der Waals surface area (Å²) in [6.07, 6.45) is 3.53. The first-order valence-electron chi connectivity index (χ1n) is 7.03. The van der Waals surface area contributed by atoms with Crippen molar-refractivity contribution < 1.29 is 4.79 Å². The van der Waals surface area contributed by atoms with Gasteiger partial charge in [-0.2, -0.15) is 0 Å². The van der Waals surface area contributed by atoms with Gasteiger partial charge in [-0.05, 0) is 52.8 Å².